The van der Waals surface area contributed by atoms with Crippen molar-refractivity contribution in [2.24, 2.45) is 0 Å². The molecule has 0 unspecified atom stereocenters. The first-order valence-corrected chi connectivity index (χ1v) is 8.98. The minimum atomic E-state index is -3.20. The zero-order chi connectivity index (χ0) is 16.4. The Balaban J connectivity index is 2.28. The molecular weight excluding hydrogens is 292 g/mol. The molecule has 2 aromatic carbocycles. The van der Waals surface area contributed by atoms with E-state index in [1.54, 1.807) is 18.2 Å². The summed E-state index contributed by atoms with van der Waals surface area (Å²) in [5.74, 6) is 6.09. The van der Waals surface area contributed by atoms with E-state index in [0.717, 1.165) is 5.56 Å². The Labute approximate surface area is 133 Å². The van der Waals surface area contributed by atoms with Crippen molar-refractivity contribution in [2.45, 2.75) is 31.1 Å². The first-order valence-electron chi connectivity index (χ1n) is 7.09. The quantitative estimate of drug-likeness (QED) is 0.751. The van der Waals surface area contributed by atoms with Gasteiger partial charge in [-0.3, -0.25) is 0 Å². The Bertz CT molecular complexity index is 827. The maximum atomic E-state index is 11.5. The smallest absolute Gasteiger partial charge is 0.175 e. The highest BCUT2D eigenvalue weighted by Gasteiger charge is 2.12. The summed E-state index contributed by atoms with van der Waals surface area (Å²) in [6, 6.07) is 14.9. The van der Waals surface area contributed by atoms with Gasteiger partial charge in [0.05, 0.1) is 4.90 Å². The molecule has 0 aromatic heterocycles. The van der Waals surface area contributed by atoms with Gasteiger partial charge in [0, 0.05) is 17.4 Å². The SMILES string of the molecule is CC(C)(C)c1ccc(C#Cc2cccc(S(C)(=O)=O)c2)cc1. The van der Waals surface area contributed by atoms with Crippen LogP contribution in [0, 0.1) is 11.8 Å². The van der Waals surface area contributed by atoms with Gasteiger partial charge in [-0.1, -0.05) is 50.8 Å². The summed E-state index contributed by atoms with van der Waals surface area (Å²) in [6.45, 7) is 6.51. The summed E-state index contributed by atoms with van der Waals surface area (Å²) in [6.07, 6.45) is 1.20. The molecule has 0 fully saturated rings. The van der Waals surface area contributed by atoms with Crippen molar-refractivity contribution in [3.05, 3.63) is 65.2 Å². The summed E-state index contributed by atoms with van der Waals surface area (Å²) in [4.78, 5) is 0.294. The van der Waals surface area contributed by atoms with Crippen LogP contribution >= 0.6 is 0 Å². The molecule has 0 heterocycles. The lowest BCUT2D eigenvalue weighted by atomic mass is 9.87. The van der Waals surface area contributed by atoms with E-state index in [4.69, 9.17) is 0 Å². The standard InChI is InChI=1S/C19H20O2S/c1-19(2,3)17-12-10-15(11-13-17)8-9-16-6-5-7-18(14-16)22(4,20)21/h5-7,10-14H,1-4H3. The van der Waals surface area contributed by atoms with Crippen LogP contribution in [0.2, 0.25) is 0 Å². The average Bonchev–Trinajstić information content (AvgIpc) is 2.44. The molecule has 0 amide bonds. The van der Waals surface area contributed by atoms with Crippen LogP contribution in [0.3, 0.4) is 0 Å². The number of benzene rings is 2. The van der Waals surface area contributed by atoms with Crippen LogP contribution in [0.1, 0.15) is 37.5 Å². The van der Waals surface area contributed by atoms with Crippen LogP contribution in [0.5, 0.6) is 0 Å². The molecule has 2 aromatic rings. The molecule has 0 atom stereocenters. The summed E-state index contributed by atoms with van der Waals surface area (Å²) in [5.41, 5.74) is 2.99. The zero-order valence-corrected chi connectivity index (χ0v) is 14.2. The van der Waals surface area contributed by atoms with E-state index in [-0.39, 0.29) is 5.41 Å². The average molecular weight is 312 g/mol. The Kier molecular flexibility index (Phi) is 4.44. The molecule has 0 saturated heterocycles. The van der Waals surface area contributed by atoms with E-state index in [9.17, 15) is 8.42 Å². The molecule has 114 valence electrons. The predicted octanol–water partition coefficient (Wildman–Crippen LogP) is 3.79. The second-order valence-electron chi connectivity index (χ2n) is 6.38. The molecule has 0 saturated carbocycles. The summed E-state index contributed by atoms with van der Waals surface area (Å²) in [7, 11) is -3.20. The van der Waals surface area contributed by atoms with Gasteiger partial charge in [-0.15, -0.1) is 0 Å². The first kappa shape index (κ1) is 16.3. The van der Waals surface area contributed by atoms with Crippen molar-refractivity contribution < 1.29 is 8.42 Å². The Morgan fingerprint density at radius 1 is 0.864 bits per heavy atom. The molecule has 2 rings (SSSR count). The van der Waals surface area contributed by atoms with Crippen molar-refractivity contribution in [1.29, 1.82) is 0 Å². The van der Waals surface area contributed by atoms with E-state index < -0.39 is 9.84 Å². The van der Waals surface area contributed by atoms with E-state index in [1.165, 1.54) is 11.8 Å². The van der Waals surface area contributed by atoms with Crippen molar-refractivity contribution in [3.8, 4) is 11.8 Å². The highest BCUT2D eigenvalue weighted by Crippen LogP contribution is 2.22. The zero-order valence-electron chi connectivity index (χ0n) is 13.3. The molecule has 0 bridgehead atoms. The lowest BCUT2D eigenvalue weighted by Gasteiger charge is -2.18. The van der Waals surface area contributed by atoms with E-state index in [2.05, 4.69) is 44.7 Å². The van der Waals surface area contributed by atoms with Gasteiger partial charge < -0.3 is 0 Å². The van der Waals surface area contributed by atoms with E-state index >= 15 is 0 Å². The second-order valence-corrected chi connectivity index (χ2v) is 8.39. The van der Waals surface area contributed by atoms with Gasteiger partial charge in [-0.05, 0) is 41.3 Å². The first-order chi connectivity index (χ1) is 10.2. The fourth-order valence-corrected chi connectivity index (χ4v) is 2.67. The Morgan fingerprint density at radius 2 is 1.45 bits per heavy atom. The predicted molar refractivity (Wildman–Crippen MR) is 90.7 cm³/mol. The van der Waals surface area contributed by atoms with Gasteiger partial charge in [-0.2, -0.15) is 0 Å². The summed E-state index contributed by atoms with van der Waals surface area (Å²) < 4.78 is 23.1. The minimum Gasteiger partial charge on any atom is -0.224 e. The van der Waals surface area contributed by atoms with Crippen LogP contribution in [0.15, 0.2) is 53.4 Å². The minimum absolute atomic E-state index is 0.121. The lowest BCUT2D eigenvalue weighted by molar-refractivity contribution is 0.590. The molecule has 0 aliphatic carbocycles. The number of hydrogen-bond donors (Lipinski definition) is 0. The van der Waals surface area contributed by atoms with Crippen LogP contribution in [0.4, 0.5) is 0 Å². The fourth-order valence-electron chi connectivity index (χ4n) is 2.00. The number of sulfone groups is 1. The maximum Gasteiger partial charge on any atom is 0.175 e. The normalized spacial score (nSPS) is 11.6. The van der Waals surface area contributed by atoms with Crippen molar-refractivity contribution in [3.63, 3.8) is 0 Å². The molecule has 3 heteroatoms. The Morgan fingerprint density at radius 3 is 2.00 bits per heavy atom. The van der Waals surface area contributed by atoms with Crippen LogP contribution in [0.25, 0.3) is 0 Å². The molecule has 0 spiro atoms. The molecule has 0 radical (unpaired) electrons. The van der Waals surface area contributed by atoms with Gasteiger partial charge in [-0.25, -0.2) is 8.42 Å². The van der Waals surface area contributed by atoms with Crippen molar-refractivity contribution in [1.82, 2.24) is 0 Å². The summed E-state index contributed by atoms with van der Waals surface area (Å²) in [5, 5.41) is 0. The molecule has 22 heavy (non-hydrogen) atoms. The summed E-state index contributed by atoms with van der Waals surface area (Å²) >= 11 is 0. The third-order valence-electron chi connectivity index (χ3n) is 3.36. The lowest BCUT2D eigenvalue weighted by Crippen LogP contribution is -2.10. The third-order valence-corrected chi connectivity index (χ3v) is 4.47. The highest BCUT2D eigenvalue weighted by atomic mass is 32.2. The van der Waals surface area contributed by atoms with Crippen molar-refractivity contribution in [2.75, 3.05) is 6.26 Å². The van der Waals surface area contributed by atoms with Crippen LogP contribution < -0.4 is 0 Å². The largest absolute Gasteiger partial charge is 0.224 e. The van der Waals surface area contributed by atoms with E-state index in [1.807, 2.05) is 18.2 Å². The topological polar surface area (TPSA) is 34.1 Å². The van der Waals surface area contributed by atoms with Crippen LogP contribution in [-0.4, -0.2) is 14.7 Å². The van der Waals surface area contributed by atoms with E-state index in [0.29, 0.717) is 10.5 Å². The van der Waals surface area contributed by atoms with Gasteiger partial charge in [0.25, 0.3) is 0 Å². The molecule has 0 aliphatic heterocycles. The Hall–Kier alpha value is -2.05. The maximum absolute atomic E-state index is 11.5. The van der Waals surface area contributed by atoms with Gasteiger partial charge >= 0.3 is 0 Å². The number of rotatable bonds is 1. The monoisotopic (exact) mass is 312 g/mol. The third kappa shape index (κ3) is 4.22. The number of hydrogen-bond acceptors (Lipinski definition) is 2. The van der Waals surface area contributed by atoms with Gasteiger partial charge in [0.1, 0.15) is 0 Å². The van der Waals surface area contributed by atoms with Crippen LogP contribution in [-0.2, 0) is 15.3 Å². The second kappa shape index (κ2) is 5.98. The van der Waals surface area contributed by atoms with Gasteiger partial charge in [0.2, 0.25) is 0 Å². The fraction of sp³-hybridized carbons (Fsp3) is 0.263. The molecule has 2 nitrogen and oxygen atoms in total. The molecular formula is C19H20O2S. The van der Waals surface area contributed by atoms with Gasteiger partial charge in [0.15, 0.2) is 9.84 Å². The van der Waals surface area contributed by atoms with Crippen molar-refractivity contribution >= 4 is 9.84 Å². The highest BCUT2D eigenvalue weighted by molar-refractivity contribution is 7.90. The molecule has 0 N–H and O–H groups in total. The molecule has 0 aliphatic rings.